The largest absolute Gasteiger partial charge is 0.495 e. The van der Waals surface area contributed by atoms with Crippen LogP contribution in [0.15, 0.2) is 90.1 Å². The van der Waals surface area contributed by atoms with Crippen LogP contribution in [0.5, 0.6) is 5.75 Å². The molecule has 0 saturated heterocycles. The van der Waals surface area contributed by atoms with E-state index in [2.05, 4.69) is 25.7 Å². The van der Waals surface area contributed by atoms with Crippen LogP contribution in [-0.2, 0) is 16.0 Å². The molecule has 6 rings (SSSR count). The third-order valence-electron chi connectivity index (χ3n) is 6.77. The number of nitrogens with one attached hydrogen (secondary N) is 2. The highest BCUT2D eigenvalue weighted by molar-refractivity contribution is 5.96. The summed E-state index contributed by atoms with van der Waals surface area (Å²) in [6.45, 7) is 4.60. The van der Waals surface area contributed by atoms with Crippen molar-refractivity contribution in [1.29, 1.82) is 0 Å². The molecule has 0 unspecified atom stereocenters. The Morgan fingerprint density at radius 1 is 1.00 bits per heavy atom. The Kier molecular flexibility index (Phi) is 7.03. The standard InChI is InChI=1S/C32H29FN6O3/c1-32(2)19-42-30(37-32)22-8-14-26(27(17-22)41-3)35-31-36-28-15-9-23(18-39(28)38-31)21-6-12-25(13-7-21)34-29(40)16-20-4-10-24(33)11-5-20/h4-15,17-18H,16,19H2,1-3H3,(H,34,40)(H,35,38). The number of anilines is 3. The number of carbonyl (C=O) groups is 1. The van der Waals surface area contributed by atoms with Crippen LogP contribution in [0.1, 0.15) is 25.0 Å². The van der Waals surface area contributed by atoms with E-state index >= 15 is 0 Å². The van der Waals surface area contributed by atoms with Gasteiger partial charge in [0.05, 0.1) is 24.8 Å². The molecular formula is C32H29FN6O3. The van der Waals surface area contributed by atoms with Gasteiger partial charge in [-0.1, -0.05) is 24.3 Å². The lowest BCUT2D eigenvalue weighted by molar-refractivity contribution is -0.115. The van der Waals surface area contributed by atoms with Crippen LogP contribution in [0, 0.1) is 5.82 Å². The molecule has 1 aliphatic heterocycles. The summed E-state index contributed by atoms with van der Waals surface area (Å²) in [5, 5.41) is 10.7. The lowest BCUT2D eigenvalue weighted by Crippen LogP contribution is -2.17. The fraction of sp³-hybridized carbons (Fsp3) is 0.188. The Hall–Kier alpha value is -5.25. The van der Waals surface area contributed by atoms with Gasteiger partial charge in [0.2, 0.25) is 17.8 Å². The number of carbonyl (C=O) groups excluding carboxylic acids is 1. The molecule has 2 aromatic heterocycles. The maximum atomic E-state index is 13.1. The van der Waals surface area contributed by atoms with Crippen LogP contribution < -0.4 is 15.4 Å². The molecule has 1 amide bonds. The average molecular weight is 565 g/mol. The first-order chi connectivity index (χ1) is 20.2. The van der Waals surface area contributed by atoms with Crippen molar-refractivity contribution in [2.45, 2.75) is 25.8 Å². The summed E-state index contributed by atoms with van der Waals surface area (Å²) in [4.78, 5) is 21.6. The van der Waals surface area contributed by atoms with E-state index in [-0.39, 0.29) is 23.7 Å². The molecule has 1 aliphatic rings. The Balaban J connectivity index is 1.14. The molecule has 0 spiro atoms. The van der Waals surface area contributed by atoms with Crippen molar-refractivity contribution in [3.63, 3.8) is 0 Å². The fourth-order valence-electron chi connectivity index (χ4n) is 4.63. The van der Waals surface area contributed by atoms with Crippen molar-refractivity contribution >= 4 is 34.8 Å². The van der Waals surface area contributed by atoms with Crippen molar-refractivity contribution in [3.8, 4) is 16.9 Å². The number of nitrogens with zero attached hydrogens (tertiary/aromatic N) is 4. The second kappa shape index (κ2) is 11.0. The Bertz CT molecular complexity index is 1800. The summed E-state index contributed by atoms with van der Waals surface area (Å²) in [6, 6.07) is 23.0. The number of hydrogen-bond donors (Lipinski definition) is 2. The van der Waals surface area contributed by atoms with Crippen LogP contribution in [0.4, 0.5) is 21.7 Å². The lowest BCUT2D eigenvalue weighted by atomic mass is 10.1. The Morgan fingerprint density at radius 3 is 2.45 bits per heavy atom. The highest BCUT2D eigenvalue weighted by atomic mass is 19.1. The Labute approximate surface area is 242 Å². The number of aromatic nitrogens is 3. The molecule has 3 heterocycles. The predicted molar refractivity (Wildman–Crippen MR) is 160 cm³/mol. The van der Waals surface area contributed by atoms with Crippen molar-refractivity contribution in [2.75, 3.05) is 24.4 Å². The highest BCUT2D eigenvalue weighted by Crippen LogP contribution is 2.30. The van der Waals surface area contributed by atoms with Crippen LogP contribution in [0.2, 0.25) is 0 Å². The molecule has 0 saturated carbocycles. The van der Waals surface area contributed by atoms with E-state index in [9.17, 15) is 9.18 Å². The van der Waals surface area contributed by atoms with Crippen LogP contribution in [-0.4, -0.2) is 45.7 Å². The maximum Gasteiger partial charge on any atom is 0.247 e. The minimum Gasteiger partial charge on any atom is -0.495 e. The van der Waals surface area contributed by atoms with Gasteiger partial charge in [0.25, 0.3) is 0 Å². The average Bonchev–Trinajstić information content (AvgIpc) is 3.56. The van der Waals surface area contributed by atoms with E-state index in [0.717, 1.165) is 22.3 Å². The van der Waals surface area contributed by atoms with Crippen molar-refractivity contribution in [2.24, 2.45) is 4.99 Å². The molecular weight excluding hydrogens is 535 g/mol. The fourth-order valence-corrected chi connectivity index (χ4v) is 4.63. The summed E-state index contributed by atoms with van der Waals surface area (Å²) >= 11 is 0. The second-order valence-electron chi connectivity index (χ2n) is 10.6. The van der Waals surface area contributed by atoms with Gasteiger partial charge in [0.15, 0.2) is 5.65 Å². The molecule has 0 atom stereocenters. The predicted octanol–water partition coefficient (Wildman–Crippen LogP) is 6.02. The monoisotopic (exact) mass is 564 g/mol. The van der Waals surface area contributed by atoms with Crippen LogP contribution >= 0.6 is 0 Å². The zero-order chi connectivity index (χ0) is 29.3. The first-order valence-corrected chi connectivity index (χ1v) is 13.4. The van der Waals surface area contributed by atoms with E-state index < -0.39 is 0 Å². The number of amides is 1. The summed E-state index contributed by atoms with van der Waals surface area (Å²) in [7, 11) is 1.61. The van der Waals surface area contributed by atoms with Gasteiger partial charge in [-0.3, -0.25) is 4.79 Å². The summed E-state index contributed by atoms with van der Waals surface area (Å²) in [5.41, 5.74) is 5.30. The quantitative estimate of drug-likeness (QED) is 0.239. The third kappa shape index (κ3) is 5.92. The van der Waals surface area contributed by atoms with Gasteiger partial charge in [-0.25, -0.2) is 13.9 Å². The zero-order valence-electron chi connectivity index (χ0n) is 23.4. The number of halogens is 1. The number of ether oxygens (including phenoxy) is 2. The number of methoxy groups -OCH3 is 1. The van der Waals surface area contributed by atoms with E-state index in [1.807, 2.05) is 74.6 Å². The number of hydrogen-bond acceptors (Lipinski definition) is 7. The number of pyridine rings is 1. The van der Waals surface area contributed by atoms with Crippen LogP contribution in [0.25, 0.3) is 16.8 Å². The molecule has 2 N–H and O–H groups in total. The second-order valence-corrected chi connectivity index (χ2v) is 10.6. The molecule has 42 heavy (non-hydrogen) atoms. The molecule has 0 bridgehead atoms. The smallest absolute Gasteiger partial charge is 0.247 e. The number of fused-ring (bicyclic) bond motifs is 1. The molecule has 10 heteroatoms. The van der Waals surface area contributed by atoms with Crippen molar-refractivity contribution < 1.29 is 18.7 Å². The van der Waals surface area contributed by atoms with Gasteiger partial charge in [0.1, 0.15) is 18.2 Å². The van der Waals surface area contributed by atoms with Gasteiger partial charge in [0, 0.05) is 23.0 Å². The first-order valence-electron chi connectivity index (χ1n) is 13.4. The normalized spacial score (nSPS) is 13.9. The number of benzene rings is 3. The molecule has 0 fully saturated rings. The lowest BCUT2D eigenvalue weighted by Gasteiger charge is -2.10. The van der Waals surface area contributed by atoms with Gasteiger partial charge in [-0.2, -0.15) is 4.98 Å². The molecule has 0 radical (unpaired) electrons. The number of aliphatic imine (C=N–C) groups is 1. The van der Waals surface area contributed by atoms with E-state index in [1.54, 1.807) is 23.8 Å². The topological polar surface area (TPSA) is 102 Å². The summed E-state index contributed by atoms with van der Waals surface area (Å²) in [5.74, 6) is 1.14. The molecule has 5 aromatic rings. The Morgan fingerprint density at radius 2 is 1.74 bits per heavy atom. The maximum absolute atomic E-state index is 13.1. The van der Waals surface area contributed by atoms with Crippen molar-refractivity contribution in [1.82, 2.24) is 14.6 Å². The van der Waals surface area contributed by atoms with E-state index in [0.29, 0.717) is 41.2 Å². The first kappa shape index (κ1) is 26.9. The van der Waals surface area contributed by atoms with Gasteiger partial charge >= 0.3 is 0 Å². The van der Waals surface area contributed by atoms with Gasteiger partial charge in [-0.15, -0.1) is 5.10 Å². The number of rotatable bonds is 8. The highest BCUT2D eigenvalue weighted by Gasteiger charge is 2.27. The molecule has 9 nitrogen and oxygen atoms in total. The summed E-state index contributed by atoms with van der Waals surface area (Å²) < 4.78 is 26.2. The van der Waals surface area contributed by atoms with E-state index in [1.165, 1.54) is 12.1 Å². The SMILES string of the molecule is COc1cc(C2=NC(C)(C)CO2)ccc1Nc1nc2ccc(-c3ccc(NC(=O)Cc4ccc(F)cc4)cc3)cn2n1. The van der Waals surface area contributed by atoms with Gasteiger partial charge < -0.3 is 20.1 Å². The van der Waals surface area contributed by atoms with Crippen LogP contribution in [0.3, 0.4) is 0 Å². The third-order valence-corrected chi connectivity index (χ3v) is 6.77. The van der Waals surface area contributed by atoms with Gasteiger partial charge in [-0.05, 0) is 79.6 Å². The van der Waals surface area contributed by atoms with Crippen molar-refractivity contribution in [3.05, 3.63) is 102 Å². The van der Waals surface area contributed by atoms with E-state index in [4.69, 9.17) is 9.47 Å². The minimum atomic E-state index is -0.327. The minimum absolute atomic E-state index is 0.166. The molecule has 212 valence electrons. The summed E-state index contributed by atoms with van der Waals surface area (Å²) in [6.07, 6.45) is 2.06. The zero-order valence-corrected chi connectivity index (χ0v) is 23.4. The molecule has 3 aromatic carbocycles. The molecule has 0 aliphatic carbocycles.